The topological polar surface area (TPSA) is 42.3 Å². The van der Waals surface area contributed by atoms with Gasteiger partial charge in [0.05, 0.1) is 5.69 Å². The summed E-state index contributed by atoms with van der Waals surface area (Å²) in [7, 11) is 1.57. The minimum Gasteiger partial charge on any atom is -0.319 e. The molecule has 2 aromatic rings. The summed E-state index contributed by atoms with van der Waals surface area (Å²) in [5, 5.41) is 0. The third-order valence-corrected chi connectivity index (χ3v) is 3.85. The second-order valence-electron chi connectivity index (χ2n) is 5.28. The number of amides is 1. The van der Waals surface area contributed by atoms with Crippen LogP contribution in [-0.2, 0) is 13.5 Å². The first-order chi connectivity index (χ1) is 10.5. The molecule has 0 saturated heterocycles. The molecule has 3 rings (SSSR count). The standard InChI is InChI=1S/C16H14F2N2O2/c1-19-8-6-10(9-14(19)21)16(22)20-7-2-3-11-12(17)4-5-13(18)15(11)20/h4-6,8-9H,2-3,7H2,1H3. The Bertz CT molecular complexity index is 814. The molecule has 6 heteroatoms. The van der Waals surface area contributed by atoms with Gasteiger partial charge < -0.3 is 9.47 Å². The molecule has 2 heterocycles. The van der Waals surface area contributed by atoms with Crippen molar-refractivity contribution in [3.05, 3.63) is 63.6 Å². The maximum atomic E-state index is 14.1. The summed E-state index contributed by atoms with van der Waals surface area (Å²) in [5.74, 6) is -1.64. The molecule has 1 aromatic carbocycles. The molecule has 0 N–H and O–H groups in total. The summed E-state index contributed by atoms with van der Waals surface area (Å²) in [6.07, 6.45) is 2.41. The van der Waals surface area contributed by atoms with Gasteiger partial charge in [0.15, 0.2) is 0 Å². The third-order valence-electron chi connectivity index (χ3n) is 3.85. The van der Waals surface area contributed by atoms with Gasteiger partial charge in [0.25, 0.3) is 11.5 Å². The van der Waals surface area contributed by atoms with Gasteiger partial charge in [-0.3, -0.25) is 9.59 Å². The van der Waals surface area contributed by atoms with Crippen LogP contribution in [0.25, 0.3) is 0 Å². The Labute approximate surface area is 125 Å². The SMILES string of the molecule is Cn1ccc(C(=O)N2CCCc3c(F)ccc(F)c32)cc1=O. The summed E-state index contributed by atoms with van der Waals surface area (Å²) >= 11 is 0. The number of nitrogens with zero attached hydrogens (tertiary/aromatic N) is 2. The van der Waals surface area contributed by atoms with E-state index in [9.17, 15) is 18.4 Å². The van der Waals surface area contributed by atoms with Crippen molar-refractivity contribution in [3.8, 4) is 0 Å². The lowest BCUT2D eigenvalue weighted by atomic mass is 9.99. The molecule has 0 bridgehead atoms. The molecule has 0 saturated carbocycles. The second kappa shape index (κ2) is 5.36. The first-order valence-electron chi connectivity index (χ1n) is 6.94. The van der Waals surface area contributed by atoms with Gasteiger partial charge in [-0.25, -0.2) is 8.78 Å². The average molecular weight is 304 g/mol. The highest BCUT2D eigenvalue weighted by Gasteiger charge is 2.28. The summed E-state index contributed by atoms with van der Waals surface area (Å²) in [4.78, 5) is 25.4. The summed E-state index contributed by atoms with van der Waals surface area (Å²) in [6.45, 7) is 0.293. The summed E-state index contributed by atoms with van der Waals surface area (Å²) in [6, 6.07) is 4.78. The van der Waals surface area contributed by atoms with E-state index in [0.29, 0.717) is 19.4 Å². The maximum Gasteiger partial charge on any atom is 0.258 e. The summed E-state index contributed by atoms with van der Waals surface area (Å²) in [5.41, 5.74) is 0.0303. The highest BCUT2D eigenvalue weighted by Crippen LogP contribution is 2.32. The number of carbonyl (C=O) groups excluding carboxylic acids is 1. The Morgan fingerprint density at radius 3 is 2.64 bits per heavy atom. The molecule has 0 unspecified atom stereocenters. The van der Waals surface area contributed by atoms with Gasteiger partial charge in [0.2, 0.25) is 0 Å². The van der Waals surface area contributed by atoms with E-state index >= 15 is 0 Å². The molecular weight excluding hydrogens is 290 g/mol. The fourth-order valence-electron chi connectivity index (χ4n) is 2.68. The van der Waals surface area contributed by atoms with Crippen molar-refractivity contribution < 1.29 is 13.6 Å². The zero-order valence-electron chi connectivity index (χ0n) is 12.0. The molecule has 1 aliphatic rings. The minimum absolute atomic E-state index is 0.0167. The first-order valence-corrected chi connectivity index (χ1v) is 6.94. The van der Waals surface area contributed by atoms with Crippen LogP contribution < -0.4 is 10.5 Å². The van der Waals surface area contributed by atoms with Crippen molar-refractivity contribution >= 4 is 11.6 Å². The zero-order valence-corrected chi connectivity index (χ0v) is 12.0. The number of aromatic nitrogens is 1. The van der Waals surface area contributed by atoms with Crippen LogP contribution in [0.1, 0.15) is 22.3 Å². The van der Waals surface area contributed by atoms with Crippen molar-refractivity contribution in [1.82, 2.24) is 4.57 Å². The Morgan fingerprint density at radius 2 is 1.91 bits per heavy atom. The van der Waals surface area contributed by atoms with Crippen molar-refractivity contribution in [2.75, 3.05) is 11.4 Å². The molecule has 0 aliphatic carbocycles. The summed E-state index contributed by atoms with van der Waals surface area (Å²) < 4.78 is 29.3. The number of anilines is 1. The van der Waals surface area contributed by atoms with E-state index in [0.717, 1.165) is 12.1 Å². The smallest absolute Gasteiger partial charge is 0.258 e. The van der Waals surface area contributed by atoms with E-state index in [2.05, 4.69) is 0 Å². The average Bonchev–Trinajstić information content (AvgIpc) is 2.52. The zero-order chi connectivity index (χ0) is 15.9. The van der Waals surface area contributed by atoms with E-state index in [4.69, 9.17) is 0 Å². The lowest BCUT2D eigenvalue weighted by molar-refractivity contribution is 0.0983. The largest absolute Gasteiger partial charge is 0.319 e. The lowest BCUT2D eigenvalue weighted by Crippen LogP contribution is -2.37. The minimum atomic E-state index is -0.631. The van der Waals surface area contributed by atoms with Gasteiger partial charge >= 0.3 is 0 Å². The third kappa shape index (κ3) is 2.30. The van der Waals surface area contributed by atoms with Crippen LogP contribution in [0.2, 0.25) is 0 Å². The predicted octanol–water partition coefficient (Wildman–Crippen LogP) is 2.26. The molecule has 0 radical (unpaired) electrons. The fraction of sp³-hybridized carbons (Fsp3) is 0.250. The van der Waals surface area contributed by atoms with Gasteiger partial charge in [-0.05, 0) is 31.0 Å². The van der Waals surface area contributed by atoms with E-state index in [1.807, 2.05) is 0 Å². The molecule has 1 aliphatic heterocycles. The number of halogens is 2. The molecular formula is C16H14F2N2O2. The number of hydrogen-bond donors (Lipinski definition) is 0. The van der Waals surface area contributed by atoms with Crippen molar-refractivity contribution in [2.24, 2.45) is 7.05 Å². The van der Waals surface area contributed by atoms with Gasteiger partial charge in [-0.2, -0.15) is 0 Å². The second-order valence-corrected chi connectivity index (χ2v) is 5.28. The monoisotopic (exact) mass is 304 g/mol. The van der Waals surface area contributed by atoms with Crippen LogP contribution in [0.3, 0.4) is 0 Å². The fourth-order valence-corrected chi connectivity index (χ4v) is 2.68. The molecule has 22 heavy (non-hydrogen) atoms. The predicted molar refractivity (Wildman–Crippen MR) is 78.0 cm³/mol. The molecule has 0 spiro atoms. The lowest BCUT2D eigenvalue weighted by Gasteiger charge is -2.30. The van der Waals surface area contributed by atoms with Gasteiger partial charge in [-0.15, -0.1) is 0 Å². The Balaban J connectivity index is 2.07. The molecule has 114 valence electrons. The van der Waals surface area contributed by atoms with Crippen LogP contribution in [-0.4, -0.2) is 17.0 Å². The Morgan fingerprint density at radius 1 is 1.18 bits per heavy atom. The van der Waals surface area contributed by atoms with E-state index < -0.39 is 17.5 Å². The molecule has 1 amide bonds. The van der Waals surface area contributed by atoms with Crippen LogP contribution >= 0.6 is 0 Å². The Kier molecular flexibility index (Phi) is 3.52. The number of aryl methyl sites for hydroxylation is 1. The van der Waals surface area contributed by atoms with E-state index in [-0.39, 0.29) is 22.4 Å². The Hall–Kier alpha value is -2.50. The van der Waals surface area contributed by atoms with Crippen molar-refractivity contribution in [3.63, 3.8) is 0 Å². The number of hydrogen-bond acceptors (Lipinski definition) is 2. The number of rotatable bonds is 1. The van der Waals surface area contributed by atoms with Gasteiger partial charge in [0.1, 0.15) is 11.6 Å². The normalized spacial score (nSPS) is 13.9. The van der Waals surface area contributed by atoms with Crippen molar-refractivity contribution in [2.45, 2.75) is 12.8 Å². The van der Waals surface area contributed by atoms with Crippen LogP contribution in [0.4, 0.5) is 14.5 Å². The molecule has 0 atom stereocenters. The maximum absolute atomic E-state index is 14.1. The van der Waals surface area contributed by atoms with E-state index in [1.54, 1.807) is 7.05 Å². The molecule has 4 nitrogen and oxygen atoms in total. The number of benzene rings is 1. The molecule has 1 aromatic heterocycles. The number of carbonyl (C=O) groups is 1. The van der Waals surface area contributed by atoms with Gasteiger partial charge in [0, 0.05) is 37.0 Å². The van der Waals surface area contributed by atoms with Crippen molar-refractivity contribution in [1.29, 1.82) is 0 Å². The first kappa shape index (κ1) is 14.4. The van der Waals surface area contributed by atoms with Crippen LogP contribution in [0.5, 0.6) is 0 Å². The van der Waals surface area contributed by atoms with Crippen LogP contribution in [0.15, 0.2) is 35.3 Å². The van der Waals surface area contributed by atoms with Gasteiger partial charge in [-0.1, -0.05) is 0 Å². The highest BCUT2D eigenvalue weighted by molar-refractivity contribution is 6.06. The molecule has 0 fully saturated rings. The highest BCUT2D eigenvalue weighted by atomic mass is 19.1. The quantitative estimate of drug-likeness (QED) is 0.811. The van der Waals surface area contributed by atoms with Crippen LogP contribution in [0, 0.1) is 11.6 Å². The number of pyridine rings is 1. The number of fused-ring (bicyclic) bond motifs is 1. The van der Waals surface area contributed by atoms with E-state index in [1.165, 1.54) is 27.8 Å².